The third-order valence-electron chi connectivity index (χ3n) is 2.99. The van der Waals surface area contributed by atoms with Gasteiger partial charge in [-0.3, -0.25) is 0 Å². The predicted molar refractivity (Wildman–Crippen MR) is 86.6 cm³/mol. The molecule has 0 aromatic carbocycles. The molecule has 1 amide bonds. The largest absolute Gasteiger partial charge is 0.444 e. The first kappa shape index (κ1) is 18.2. The van der Waals surface area contributed by atoms with E-state index in [-0.39, 0.29) is 18.7 Å². The standard InChI is InChI=1S/C12H24NO4PS2/c1-12(2,3)17-11(14)13(10-6-4-5-7-10)8-9-16-18(15,19)20/h10H,4-9H2,1-3H3,(H2,15,19,20). The van der Waals surface area contributed by atoms with Crippen LogP contribution in [-0.2, 0) is 21.1 Å². The van der Waals surface area contributed by atoms with Crippen LogP contribution < -0.4 is 0 Å². The van der Waals surface area contributed by atoms with E-state index in [4.69, 9.17) is 21.1 Å². The average molecular weight is 341 g/mol. The first-order valence-electron chi connectivity index (χ1n) is 6.78. The second kappa shape index (κ2) is 7.45. The molecule has 20 heavy (non-hydrogen) atoms. The molecule has 0 aromatic rings. The topological polar surface area (TPSA) is 59.0 Å². The molecule has 1 aliphatic carbocycles. The minimum Gasteiger partial charge on any atom is -0.444 e. The number of amides is 1. The first-order chi connectivity index (χ1) is 9.08. The molecule has 5 nitrogen and oxygen atoms in total. The Morgan fingerprint density at radius 1 is 1.45 bits per heavy atom. The number of hydrogen-bond acceptors (Lipinski definition) is 4. The highest BCUT2D eigenvalue weighted by molar-refractivity contribution is 8.59. The van der Waals surface area contributed by atoms with Crippen LogP contribution in [0.15, 0.2) is 0 Å². The molecule has 1 saturated carbocycles. The third-order valence-corrected chi connectivity index (χ3v) is 4.17. The van der Waals surface area contributed by atoms with Gasteiger partial charge >= 0.3 is 6.09 Å². The lowest BCUT2D eigenvalue weighted by atomic mass is 10.2. The summed E-state index contributed by atoms with van der Waals surface area (Å²) in [5, 5.41) is 0. The van der Waals surface area contributed by atoms with Gasteiger partial charge in [-0.2, -0.15) is 0 Å². The summed E-state index contributed by atoms with van der Waals surface area (Å²) < 4.78 is 10.5. The second-order valence-electron chi connectivity index (χ2n) is 5.94. The molecular weight excluding hydrogens is 317 g/mol. The zero-order valence-electron chi connectivity index (χ0n) is 12.2. The Balaban J connectivity index is 2.60. The van der Waals surface area contributed by atoms with E-state index in [2.05, 4.69) is 12.2 Å². The fourth-order valence-electron chi connectivity index (χ4n) is 2.22. The molecule has 0 bridgehead atoms. The van der Waals surface area contributed by atoms with Crippen LogP contribution in [0.1, 0.15) is 46.5 Å². The van der Waals surface area contributed by atoms with Gasteiger partial charge in [0.15, 0.2) is 0 Å². The fraction of sp³-hybridized carbons (Fsp3) is 0.917. The Labute approximate surface area is 131 Å². The molecule has 0 radical (unpaired) electrons. The van der Waals surface area contributed by atoms with Gasteiger partial charge in [0.1, 0.15) is 5.60 Å². The van der Waals surface area contributed by atoms with E-state index in [0.717, 1.165) is 25.7 Å². The summed E-state index contributed by atoms with van der Waals surface area (Å²) in [4.78, 5) is 23.3. The van der Waals surface area contributed by atoms with E-state index in [1.807, 2.05) is 20.8 Å². The molecule has 1 aliphatic rings. The first-order valence-corrected chi connectivity index (χ1v) is 10.6. The fourth-order valence-corrected chi connectivity index (χ4v) is 3.01. The monoisotopic (exact) mass is 341 g/mol. The highest BCUT2D eigenvalue weighted by Crippen LogP contribution is 2.47. The summed E-state index contributed by atoms with van der Waals surface area (Å²) >= 11 is 8.51. The summed E-state index contributed by atoms with van der Waals surface area (Å²) in [6, 6.07) is 0.185. The van der Waals surface area contributed by atoms with Crippen molar-refractivity contribution in [3.05, 3.63) is 0 Å². The van der Waals surface area contributed by atoms with Crippen molar-refractivity contribution in [2.75, 3.05) is 13.2 Å². The van der Waals surface area contributed by atoms with Gasteiger partial charge in [-0.1, -0.05) is 25.1 Å². The van der Waals surface area contributed by atoms with E-state index in [1.165, 1.54) is 0 Å². The molecule has 0 saturated heterocycles. The molecule has 1 atom stereocenters. The maximum Gasteiger partial charge on any atom is 0.410 e. The smallest absolute Gasteiger partial charge is 0.410 e. The minimum absolute atomic E-state index is 0.174. The van der Waals surface area contributed by atoms with Crippen molar-refractivity contribution in [3.63, 3.8) is 0 Å². The SMILES string of the molecule is CC(C)(C)OC(=O)N(CCOP(O)(=S)S)C1CCCC1. The van der Waals surface area contributed by atoms with Crippen molar-refractivity contribution in [1.82, 2.24) is 4.90 Å². The lowest BCUT2D eigenvalue weighted by Gasteiger charge is -2.31. The van der Waals surface area contributed by atoms with Gasteiger partial charge in [0.05, 0.1) is 6.61 Å². The van der Waals surface area contributed by atoms with Crippen molar-refractivity contribution in [3.8, 4) is 0 Å². The molecule has 8 heteroatoms. The van der Waals surface area contributed by atoms with Gasteiger partial charge in [-0.25, -0.2) is 4.79 Å². The van der Waals surface area contributed by atoms with Gasteiger partial charge < -0.3 is 19.1 Å². The maximum absolute atomic E-state index is 12.3. The number of thiol groups is 1. The lowest BCUT2D eigenvalue weighted by Crippen LogP contribution is -2.43. The van der Waals surface area contributed by atoms with Crippen LogP contribution in [-0.4, -0.2) is 40.7 Å². The molecule has 1 rings (SSSR count). The van der Waals surface area contributed by atoms with Gasteiger partial charge in [-0.15, -0.1) is 0 Å². The van der Waals surface area contributed by atoms with Crippen LogP contribution in [0.5, 0.6) is 0 Å². The summed E-state index contributed by atoms with van der Waals surface area (Å²) in [5.74, 6) is 0. The molecule has 1 fully saturated rings. The van der Waals surface area contributed by atoms with Crippen LogP contribution in [0.2, 0.25) is 0 Å². The Morgan fingerprint density at radius 2 is 2.00 bits per heavy atom. The van der Waals surface area contributed by atoms with E-state index in [9.17, 15) is 9.69 Å². The van der Waals surface area contributed by atoms with E-state index >= 15 is 0 Å². The van der Waals surface area contributed by atoms with Crippen molar-refractivity contribution in [2.45, 2.75) is 58.1 Å². The van der Waals surface area contributed by atoms with Crippen molar-refractivity contribution >= 4 is 35.8 Å². The molecule has 1 unspecified atom stereocenters. The molecule has 0 aliphatic heterocycles. The van der Waals surface area contributed by atoms with E-state index in [1.54, 1.807) is 4.90 Å². The quantitative estimate of drug-likeness (QED) is 0.593. The minimum atomic E-state index is -2.98. The third kappa shape index (κ3) is 7.27. The highest BCUT2D eigenvalue weighted by atomic mass is 32.9. The zero-order valence-corrected chi connectivity index (χ0v) is 14.8. The van der Waals surface area contributed by atoms with Crippen molar-refractivity contribution < 1.29 is 18.9 Å². The Kier molecular flexibility index (Phi) is 6.80. The molecule has 0 spiro atoms. The van der Waals surface area contributed by atoms with Crippen LogP contribution in [0.3, 0.4) is 0 Å². The Hall–Kier alpha value is 0.190. The van der Waals surface area contributed by atoms with Crippen molar-refractivity contribution in [2.24, 2.45) is 0 Å². The lowest BCUT2D eigenvalue weighted by molar-refractivity contribution is 0.0138. The zero-order chi connectivity index (χ0) is 15.4. The molecule has 118 valence electrons. The van der Waals surface area contributed by atoms with Gasteiger partial charge in [0, 0.05) is 12.6 Å². The highest BCUT2D eigenvalue weighted by Gasteiger charge is 2.30. The van der Waals surface area contributed by atoms with E-state index in [0.29, 0.717) is 6.54 Å². The number of rotatable bonds is 5. The number of carbonyl (C=O) groups excluding carboxylic acids is 1. The number of nitrogens with zero attached hydrogens (tertiary/aromatic N) is 1. The van der Waals surface area contributed by atoms with Crippen LogP contribution in [0.4, 0.5) is 4.79 Å². The van der Waals surface area contributed by atoms with Crippen LogP contribution >= 0.6 is 17.9 Å². The number of carbonyl (C=O) groups is 1. The Bertz CT molecular complexity index is 374. The molecular formula is C12H24NO4PS2. The summed E-state index contributed by atoms with van der Waals surface area (Å²) in [6.07, 6.45) is 3.87. The van der Waals surface area contributed by atoms with Crippen LogP contribution in [0.25, 0.3) is 0 Å². The summed E-state index contributed by atoms with van der Waals surface area (Å²) in [5.41, 5.74) is -3.50. The maximum atomic E-state index is 12.3. The number of ether oxygens (including phenoxy) is 1. The van der Waals surface area contributed by atoms with Crippen molar-refractivity contribution in [1.29, 1.82) is 0 Å². The number of hydrogen-bond donors (Lipinski definition) is 2. The Morgan fingerprint density at radius 3 is 2.45 bits per heavy atom. The van der Waals surface area contributed by atoms with Gasteiger partial charge in [0.2, 0.25) is 5.69 Å². The predicted octanol–water partition coefficient (Wildman–Crippen LogP) is 3.33. The van der Waals surface area contributed by atoms with Gasteiger partial charge in [-0.05, 0) is 45.4 Å². The average Bonchev–Trinajstić information content (AvgIpc) is 2.73. The second-order valence-corrected chi connectivity index (χ2v) is 11.1. The normalized spacial score (nSPS) is 19.6. The molecule has 0 aromatic heterocycles. The summed E-state index contributed by atoms with van der Waals surface area (Å²) in [7, 11) is 0. The summed E-state index contributed by atoms with van der Waals surface area (Å²) in [6.45, 7) is 6.06. The molecule has 1 N–H and O–H groups in total. The molecule has 0 heterocycles. The van der Waals surface area contributed by atoms with Gasteiger partial charge in [0.25, 0.3) is 0 Å². The van der Waals surface area contributed by atoms with Crippen LogP contribution in [0, 0.1) is 0 Å². The van der Waals surface area contributed by atoms with E-state index < -0.39 is 11.3 Å².